The molecule has 0 spiro atoms. The van der Waals surface area contributed by atoms with Crippen LogP contribution in [0, 0.1) is 12.8 Å². The number of carbonyl (C=O) groups excluding carboxylic acids is 1. The molecule has 2 aliphatic rings. The van der Waals surface area contributed by atoms with Crippen LogP contribution in [0.2, 0.25) is 0 Å². The largest absolute Gasteiger partial charge is 0.346 e. The lowest BCUT2D eigenvalue weighted by Crippen LogP contribution is -2.39. The number of aryl methyl sites for hydroxylation is 1. The fourth-order valence-electron chi connectivity index (χ4n) is 4.45. The Kier molecular flexibility index (Phi) is 5.52. The number of benzene rings is 2. The van der Waals surface area contributed by atoms with Crippen LogP contribution < -0.4 is 5.32 Å². The maximum Gasteiger partial charge on any atom is 0.253 e. The van der Waals surface area contributed by atoms with Gasteiger partial charge in [0.05, 0.1) is 0 Å². The fraction of sp³-hybridized carbons (Fsp3) is 0.360. The molecule has 0 aliphatic carbocycles. The highest BCUT2D eigenvalue weighted by Crippen LogP contribution is 2.33. The Hall–Kier alpha value is -2.88. The Morgan fingerprint density at radius 3 is 2.62 bits per heavy atom. The normalized spacial score (nSPS) is 20.4. The third-order valence-electron chi connectivity index (χ3n) is 6.03. The van der Waals surface area contributed by atoms with E-state index in [-0.39, 0.29) is 5.91 Å². The lowest BCUT2D eigenvalue weighted by atomic mass is 9.85. The van der Waals surface area contributed by atoms with Crippen molar-refractivity contribution in [2.24, 2.45) is 10.9 Å². The number of rotatable bonds is 3. The minimum atomic E-state index is 0.143. The van der Waals surface area contributed by atoms with E-state index < -0.39 is 0 Å². The molecule has 1 amide bonds. The molecule has 0 atom stereocenters. The molecule has 2 aromatic carbocycles. The van der Waals surface area contributed by atoms with Crippen molar-refractivity contribution in [3.8, 4) is 0 Å². The van der Waals surface area contributed by atoms with E-state index in [1.165, 1.54) is 22.1 Å². The molecule has 0 aromatic heterocycles. The maximum atomic E-state index is 13.1. The zero-order chi connectivity index (χ0) is 20.4. The van der Waals surface area contributed by atoms with Crippen molar-refractivity contribution < 1.29 is 4.79 Å². The van der Waals surface area contributed by atoms with Crippen molar-refractivity contribution >= 4 is 22.5 Å². The number of hydrogen-bond donors (Lipinski definition) is 1. The molecular formula is C25H29N3O. The van der Waals surface area contributed by atoms with Gasteiger partial charge in [-0.05, 0) is 60.6 Å². The number of allylic oxidation sites excluding steroid dienone is 1. The smallest absolute Gasteiger partial charge is 0.253 e. The molecule has 0 bridgehead atoms. The van der Waals surface area contributed by atoms with Crippen LogP contribution >= 0.6 is 0 Å². The molecule has 0 unspecified atom stereocenters. The van der Waals surface area contributed by atoms with Gasteiger partial charge in [0, 0.05) is 37.5 Å². The highest BCUT2D eigenvalue weighted by molar-refractivity contribution is 6.05. The van der Waals surface area contributed by atoms with Gasteiger partial charge in [-0.2, -0.15) is 0 Å². The van der Waals surface area contributed by atoms with Crippen LogP contribution in [-0.4, -0.2) is 36.8 Å². The molecule has 2 aromatic rings. The van der Waals surface area contributed by atoms with Crippen LogP contribution in [0.25, 0.3) is 10.8 Å². The second-order valence-corrected chi connectivity index (χ2v) is 7.97. The predicted molar refractivity (Wildman–Crippen MR) is 120 cm³/mol. The summed E-state index contributed by atoms with van der Waals surface area (Å²) in [5.74, 6) is 1.58. The van der Waals surface area contributed by atoms with Crippen molar-refractivity contribution in [2.75, 3.05) is 20.1 Å². The van der Waals surface area contributed by atoms with E-state index in [4.69, 9.17) is 0 Å². The van der Waals surface area contributed by atoms with Crippen molar-refractivity contribution in [3.05, 3.63) is 70.9 Å². The van der Waals surface area contributed by atoms with Crippen molar-refractivity contribution in [1.82, 2.24) is 10.2 Å². The summed E-state index contributed by atoms with van der Waals surface area (Å²) in [6.07, 6.45) is 7.33. The number of carbonyl (C=O) groups is 1. The molecule has 150 valence electrons. The second kappa shape index (κ2) is 8.24. The number of nitrogens with one attached hydrogen (secondary N) is 1. The van der Waals surface area contributed by atoms with Crippen molar-refractivity contribution in [2.45, 2.75) is 33.1 Å². The van der Waals surface area contributed by atoms with Gasteiger partial charge in [0.15, 0.2) is 0 Å². The molecule has 0 saturated carbocycles. The zero-order valence-corrected chi connectivity index (χ0v) is 17.5. The Morgan fingerprint density at radius 2 is 1.90 bits per heavy atom. The Morgan fingerprint density at radius 1 is 1.17 bits per heavy atom. The number of nitrogens with zero attached hydrogens (tertiary/aromatic N) is 2. The number of fused-ring (bicyclic) bond motifs is 1. The molecule has 1 fully saturated rings. The predicted octanol–water partition coefficient (Wildman–Crippen LogP) is 4.85. The van der Waals surface area contributed by atoms with Crippen LogP contribution in [0.4, 0.5) is 0 Å². The second-order valence-electron chi connectivity index (χ2n) is 7.97. The van der Waals surface area contributed by atoms with E-state index in [9.17, 15) is 4.79 Å². The van der Waals surface area contributed by atoms with Crippen LogP contribution in [0.3, 0.4) is 0 Å². The van der Waals surface area contributed by atoms with Crippen LogP contribution in [0.1, 0.15) is 42.1 Å². The van der Waals surface area contributed by atoms with E-state index in [1.54, 1.807) is 0 Å². The topological polar surface area (TPSA) is 44.7 Å². The average Bonchev–Trinajstić information content (AvgIpc) is 3.16. The number of aliphatic imine (C=N–C) groups is 1. The van der Waals surface area contributed by atoms with Crippen LogP contribution in [0.5, 0.6) is 0 Å². The van der Waals surface area contributed by atoms with Crippen molar-refractivity contribution in [3.63, 3.8) is 0 Å². The Labute approximate surface area is 173 Å². The molecule has 4 nitrogen and oxygen atoms in total. The molecule has 2 heterocycles. The summed E-state index contributed by atoms with van der Waals surface area (Å²) in [5.41, 5.74) is 4.61. The molecule has 2 aliphatic heterocycles. The maximum absolute atomic E-state index is 13.1. The summed E-state index contributed by atoms with van der Waals surface area (Å²) < 4.78 is 0. The van der Waals surface area contributed by atoms with E-state index >= 15 is 0 Å². The first kappa shape index (κ1) is 19.4. The highest BCUT2D eigenvalue weighted by Gasteiger charge is 2.30. The van der Waals surface area contributed by atoms with Gasteiger partial charge in [-0.15, -0.1) is 0 Å². The standard InChI is InChI=1S/C25H29N3O/c1-4-5-22-23(16-27-24(22)26-3)18-10-12-28(13-11-18)25(29)21-9-8-19-14-17(2)6-7-20(19)15-21/h5-9,14-16,18H,4,10-13H2,1-3H3,(H,26,27)/b22-5-. The van der Waals surface area contributed by atoms with Gasteiger partial charge in [0.2, 0.25) is 0 Å². The van der Waals surface area contributed by atoms with Crippen LogP contribution in [0.15, 0.2) is 64.8 Å². The number of amides is 1. The first-order chi connectivity index (χ1) is 14.1. The zero-order valence-electron chi connectivity index (χ0n) is 17.5. The van der Waals surface area contributed by atoms with E-state index in [0.29, 0.717) is 5.92 Å². The number of amidine groups is 1. The summed E-state index contributed by atoms with van der Waals surface area (Å²) >= 11 is 0. The molecule has 29 heavy (non-hydrogen) atoms. The molecule has 1 N–H and O–H groups in total. The van der Waals surface area contributed by atoms with E-state index in [2.05, 4.69) is 60.7 Å². The molecule has 0 radical (unpaired) electrons. The van der Waals surface area contributed by atoms with Gasteiger partial charge < -0.3 is 10.2 Å². The lowest BCUT2D eigenvalue weighted by molar-refractivity contribution is 0.0703. The van der Waals surface area contributed by atoms with E-state index in [1.807, 2.05) is 24.1 Å². The number of piperidine rings is 1. The SMILES string of the molecule is CC/C=C1/C(C2CCN(C(=O)c3ccc4cc(C)ccc4c3)CC2)=CNC1=NC. The Balaban J connectivity index is 1.45. The van der Waals surface area contributed by atoms with Crippen molar-refractivity contribution in [1.29, 1.82) is 0 Å². The van der Waals surface area contributed by atoms with E-state index in [0.717, 1.165) is 49.1 Å². The molecule has 4 heteroatoms. The van der Waals surface area contributed by atoms with Gasteiger partial charge >= 0.3 is 0 Å². The van der Waals surface area contributed by atoms with Gasteiger partial charge in [-0.3, -0.25) is 9.79 Å². The third kappa shape index (κ3) is 3.84. The van der Waals surface area contributed by atoms with Gasteiger partial charge in [0.1, 0.15) is 5.84 Å². The van der Waals surface area contributed by atoms with Crippen LogP contribution in [-0.2, 0) is 0 Å². The van der Waals surface area contributed by atoms with Gasteiger partial charge in [0.25, 0.3) is 5.91 Å². The number of likely N-dealkylation sites (tertiary alicyclic amines) is 1. The fourth-order valence-corrected chi connectivity index (χ4v) is 4.45. The molecule has 4 rings (SSSR count). The Bertz CT molecular complexity index is 1020. The quantitative estimate of drug-likeness (QED) is 0.818. The third-order valence-corrected chi connectivity index (χ3v) is 6.03. The highest BCUT2D eigenvalue weighted by atomic mass is 16.2. The monoisotopic (exact) mass is 387 g/mol. The molecule has 1 saturated heterocycles. The minimum Gasteiger partial charge on any atom is -0.346 e. The summed E-state index contributed by atoms with van der Waals surface area (Å²) in [5, 5.41) is 5.62. The summed E-state index contributed by atoms with van der Waals surface area (Å²) in [7, 11) is 1.83. The number of hydrogen-bond acceptors (Lipinski definition) is 2. The summed E-state index contributed by atoms with van der Waals surface area (Å²) in [4.78, 5) is 19.4. The molecular weight excluding hydrogens is 358 g/mol. The minimum absolute atomic E-state index is 0.143. The summed E-state index contributed by atoms with van der Waals surface area (Å²) in [6.45, 7) is 5.84. The van der Waals surface area contributed by atoms with Gasteiger partial charge in [-0.25, -0.2) is 0 Å². The summed E-state index contributed by atoms with van der Waals surface area (Å²) in [6, 6.07) is 12.4. The average molecular weight is 388 g/mol. The first-order valence-electron chi connectivity index (χ1n) is 10.5. The lowest BCUT2D eigenvalue weighted by Gasteiger charge is -2.33. The first-order valence-corrected chi connectivity index (χ1v) is 10.5. The van der Waals surface area contributed by atoms with Gasteiger partial charge in [-0.1, -0.05) is 42.8 Å².